The van der Waals surface area contributed by atoms with Gasteiger partial charge in [-0.05, 0) is 43.8 Å². The first-order valence-corrected chi connectivity index (χ1v) is 8.22. The van der Waals surface area contributed by atoms with Gasteiger partial charge in [-0.15, -0.1) is 0 Å². The van der Waals surface area contributed by atoms with E-state index in [1.807, 2.05) is 25.2 Å². The molecule has 0 N–H and O–H groups in total. The normalized spacial score (nSPS) is 10.7. The quantitative estimate of drug-likeness (QED) is 0.504. The molecule has 0 aliphatic heterocycles. The monoisotopic (exact) mass is 360 g/mol. The fourth-order valence-corrected chi connectivity index (χ4v) is 2.61. The van der Waals surface area contributed by atoms with Crippen LogP contribution in [0, 0.1) is 17.0 Å². The summed E-state index contributed by atoms with van der Waals surface area (Å²) < 4.78 is 16.3. The predicted molar refractivity (Wildman–Crippen MR) is 99.2 cm³/mol. The molecule has 0 atom stereocenters. The first-order valence-electron chi connectivity index (χ1n) is 8.22. The number of methoxy groups -OCH3 is 2. The van der Waals surface area contributed by atoms with Crippen LogP contribution >= 0.6 is 0 Å². The number of likely N-dealkylation sites (N-methyl/N-ethyl adjacent to an activating group) is 1. The first kappa shape index (κ1) is 19.5. The van der Waals surface area contributed by atoms with E-state index in [1.165, 1.54) is 6.07 Å². The van der Waals surface area contributed by atoms with Crippen molar-refractivity contribution in [2.75, 3.05) is 34.4 Å². The molecule has 0 heterocycles. The van der Waals surface area contributed by atoms with Crippen LogP contribution in [0.15, 0.2) is 36.4 Å². The summed E-state index contributed by atoms with van der Waals surface area (Å²) in [6.45, 7) is 3.64. The molecule has 0 aliphatic rings. The Balaban J connectivity index is 1.86. The Labute approximate surface area is 153 Å². The van der Waals surface area contributed by atoms with Crippen LogP contribution in [0.5, 0.6) is 17.2 Å². The third kappa shape index (κ3) is 5.10. The van der Waals surface area contributed by atoms with Gasteiger partial charge in [-0.2, -0.15) is 0 Å². The number of aryl methyl sites for hydroxylation is 1. The molecule has 0 bridgehead atoms. The van der Waals surface area contributed by atoms with Gasteiger partial charge in [0.25, 0.3) is 5.69 Å². The number of hydrogen-bond acceptors (Lipinski definition) is 6. The molecule has 2 aromatic rings. The molecule has 0 aromatic heterocycles. The van der Waals surface area contributed by atoms with Gasteiger partial charge < -0.3 is 14.2 Å². The summed E-state index contributed by atoms with van der Waals surface area (Å²) in [5.74, 6) is 2.04. The van der Waals surface area contributed by atoms with E-state index in [2.05, 4.69) is 4.90 Å². The first-order chi connectivity index (χ1) is 12.4. The number of rotatable bonds is 9. The molecule has 0 amide bonds. The van der Waals surface area contributed by atoms with E-state index in [0.717, 1.165) is 12.1 Å². The highest BCUT2D eigenvalue weighted by Crippen LogP contribution is 2.28. The van der Waals surface area contributed by atoms with Gasteiger partial charge in [0.05, 0.1) is 19.1 Å². The maximum absolute atomic E-state index is 10.8. The van der Waals surface area contributed by atoms with Crippen molar-refractivity contribution < 1.29 is 19.1 Å². The molecule has 2 rings (SSSR count). The Kier molecular flexibility index (Phi) is 6.80. The Morgan fingerprint density at radius 2 is 1.81 bits per heavy atom. The second-order valence-electron chi connectivity index (χ2n) is 5.98. The smallest absolute Gasteiger partial charge is 0.272 e. The van der Waals surface area contributed by atoms with Crippen molar-refractivity contribution in [1.29, 1.82) is 0 Å². The molecule has 0 spiro atoms. The van der Waals surface area contributed by atoms with Crippen LogP contribution in [-0.2, 0) is 6.54 Å². The summed E-state index contributed by atoms with van der Waals surface area (Å²) in [5, 5.41) is 10.8. The van der Waals surface area contributed by atoms with Crippen molar-refractivity contribution in [3.05, 3.63) is 57.6 Å². The predicted octanol–water partition coefficient (Wildman–Crippen LogP) is 3.43. The van der Waals surface area contributed by atoms with E-state index in [9.17, 15) is 10.1 Å². The lowest BCUT2D eigenvalue weighted by molar-refractivity contribution is -0.385. The minimum atomic E-state index is -0.393. The maximum Gasteiger partial charge on any atom is 0.272 e. The molecule has 0 unspecified atom stereocenters. The number of hydrogen-bond donors (Lipinski definition) is 0. The molecule has 0 radical (unpaired) electrons. The molecule has 140 valence electrons. The van der Waals surface area contributed by atoms with Gasteiger partial charge in [-0.3, -0.25) is 15.0 Å². The molecule has 0 saturated heterocycles. The minimum absolute atomic E-state index is 0.0999. The van der Waals surface area contributed by atoms with Crippen molar-refractivity contribution in [3.8, 4) is 17.2 Å². The molecule has 0 saturated carbocycles. The van der Waals surface area contributed by atoms with Gasteiger partial charge in [-0.1, -0.05) is 6.07 Å². The van der Waals surface area contributed by atoms with Crippen molar-refractivity contribution in [3.63, 3.8) is 0 Å². The molecular weight excluding hydrogens is 336 g/mol. The van der Waals surface area contributed by atoms with Crippen LogP contribution in [0.1, 0.15) is 11.1 Å². The van der Waals surface area contributed by atoms with Crippen LogP contribution in [0.4, 0.5) is 5.69 Å². The summed E-state index contributed by atoms with van der Waals surface area (Å²) in [6.07, 6.45) is 0. The Morgan fingerprint density at radius 1 is 1.08 bits per heavy atom. The third-order valence-corrected chi connectivity index (χ3v) is 4.01. The Bertz CT molecular complexity index is 764. The maximum atomic E-state index is 10.8. The van der Waals surface area contributed by atoms with Gasteiger partial charge in [-0.25, -0.2) is 0 Å². The van der Waals surface area contributed by atoms with Gasteiger partial charge in [0.2, 0.25) is 0 Å². The average molecular weight is 360 g/mol. The molecule has 0 fully saturated rings. The summed E-state index contributed by atoms with van der Waals surface area (Å²) in [6, 6.07) is 10.6. The Hall–Kier alpha value is -2.80. The molecule has 0 aliphatic carbocycles. The van der Waals surface area contributed by atoms with Crippen molar-refractivity contribution in [1.82, 2.24) is 4.90 Å². The number of nitro groups is 1. The van der Waals surface area contributed by atoms with Crippen molar-refractivity contribution in [2.24, 2.45) is 0 Å². The number of benzene rings is 2. The van der Waals surface area contributed by atoms with E-state index in [-0.39, 0.29) is 5.69 Å². The Morgan fingerprint density at radius 3 is 2.42 bits per heavy atom. The molecular formula is C19H24N2O5. The second-order valence-corrected chi connectivity index (χ2v) is 5.98. The lowest BCUT2D eigenvalue weighted by atomic mass is 10.2. The summed E-state index contributed by atoms with van der Waals surface area (Å²) in [4.78, 5) is 12.6. The van der Waals surface area contributed by atoms with E-state index >= 15 is 0 Å². The molecule has 7 heteroatoms. The number of nitrogens with zero attached hydrogens (tertiary/aromatic N) is 2. The highest BCUT2D eigenvalue weighted by atomic mass is 16.6. The number of nitro benzene ring substituents is 1. The molecule has 26 heavy (non-hydrogen) atoms. The zero-order valence-corrected chi connectivity index (χ0v) is 15.5. The van der Waals surface area contributed by atoms with Gasteiger partial charge >= 0.3 is 0 Å². The molecule has 2 aromatic carbocycles. The zero-order valence-electron chi connectivity index (χ0n) is 15.5. The SMILES string of the molecule is COc1ccc(CN(C)CCOc2ccc([N+](=O)[O-])c(C)c2)cc1OC. The van der Waals surface area contributed by atoms with Crippen LogP contribution in [0.2, 0.25) is 0 Å². The van der Waals surface area contributed by atoms with E-state index in [4.69, 9.17) is 14.2 Å². The van der Waals surface area contributed by atoms with Crippen molar-refractivity contribution >= 4 is 5.69 Å². The lowest BCUT2D eigenvalue weighted by Gasteiger charge is -2.18. The summed E-state index contributed by atoms with van der Waals surface area (Å²) in [7, 11) is 5.23. The highest BCUT2D eigenvalue weighted by Gasteiger charge is 2.11. The fourth-order valence-electron chi connectivity index (χ4n) is 2.61. The topological polar surface area (TPSA) is 74.1 Å². The van der Waals surface area contributed by atoms with Crippen LogP contribution in [-0.4, -0.2) is 44.2 Å². The highest BCUT2D eigenvalue weighted by molar-refractivity contribution is 5.44. The second kappa shape index (κ2) is 9.05. The zero-order chi connectivity index (χ0) is 19.1. The van der Waals surface area contributed by atoms with Crippen molar-refractivity contribution in [2.45, 2.75) is 13.5 Å². The van der Waals surface area contributed by atoms with Gasteiger partial charge in [0.15, 0.2) is 11.5 Å². The standard InChI is InChI=1S/C19H24N2O5/c1-14-11-16(6-7-17(14)21(22)23)26-10-9-20(2)13-15-5-8-18(24-3)19(12-15)25-4/h5-8,11-12H,9-10,13H2,1-4H3. The largest absolute Gasteiger partial charge is 0.493 e. The van der Waals surface area contributed by atoms with E-state index in [1.54, 1.807) is 33.3 Å². The third-order valence-electron chi connectivity index (χ3n) is 4.01. The van der Waals surface area contributed by atoms with Gasteiger partial charge in [0, 0.05) is 24.7 Å². The van der Waals surface area contributed by atoms with Gasteiger partial charge in [0.1, 0.15) is 12.4 Å². The lowest BCUT2D eigenvalue weighted by Crippen LogP contribution is -2.23. The van der Waals surface area contributed by atoms with Crippen LogP contribution in [0.25, 0.3) is 0 Å². The van der Waals surface area contributed by atoms with Crippen LogP contribution < -0.4 is 14.2 Å². The fraction of sp³-hybridized carbons (Fsp3) is 0.368. The van der Waals surface area contributed by atoms with E-state index < -0.39 is 4.92 Å². The molecule has 7 nitrogen and oxygen atoms in total. The van der Waals surface area contributed by atoms with Crippen LogP contribution in [0.3, 0.4) is 0 Å². The minimum Gasteiger partial charge on any atom is -0.493 e. The average Bonchev–Trinajstić information content (AvgIpc) is 2.61. The summed E-state index contributed by atoms with van der Waals surface area (Å²) >= 11 is 0. The summed E-state index contributed by atoms with van der Waals surface area (Å²) in [5.41, 5.74) is 1.80. The van der Waals surface area contributed by atoms with E-state index in [0.29, 0.717) is 36.0 Å². The number of ether oxygens (including phenoxy) is 3.